The van der Waals surface area contributed by atoms with E-state index in [9.17, 15) is 9.59 Å². The highest BCUT2D eigenvalue weighted by Gasteiger charge is 2.20. The first-order valence-electron chi connectivity index (χ1n) is 10.6. The summed E-state index contributed by atoms with van der Waals surface area (Å²) >= 11 is 0. The van der Waals surface area contributed by atoms with E-state index in [2.05, 4.69) is 10.1 Å². The van der Waals surface area contributed by atoms with Gasteiger partial charge in [-0.05, 0) is 67.8 Å². The van der Waals surface area contributed by atoms with E-state index in [-0.39, 0.29) is 17.2 Å². The van der Waals surface area contributed by atoms with Crippen molar-refractivity contribution in [2.45, 2.75) is 19.3 Å². The van der Waals surface area contributed by atoms with Crippen LogP contribution in [0, 0.1) is 0 Å². The van der Waals surface area contributed by atoms with Crippen LogP contribution in [0.15, 0.2) is 64.2 Å². The second-order valence-electron chi connectivity index (χ2n) is 7.76. The molecule has 0 atom stereocenters. The molecule has 1 fully saturated rings. The van der Waals surface area contributed by atoms with Crippen LogP contribution in [0.4, 0.5) is 0 Å². The Morgan fingerprint density at radius 3 is 2.41 bits per heavy atom. The number of amides is 1. The van der Waals surface area contributed by atoms with E-state index in [1.807, 2.05) is 17.0 Å². The Bertz CT molecular complexity index is 1320. The lowest BCUT2D eigenvalue weighted by atomic mass is 10.1. The van der Waals surface area contributed by atoms with Gasteiger partial charge in [-0.2, -0.15) is 0 Å². The first-order chi connectivity index (χ1) is 15.7. The lowest BCUT2D eigenvalue weighted by Gasteiger charge is -2.26. The third-order valence-corrected chi connectivity index (χ3v) is 5.80. The highest BCUT2D eigenvalue weighted by atomic mass is 16.5. The topological polar surface area (TPSA) is 90.5 Å². The van der Waals surface area contributed by atoms with Gasteiger partial charge in [-0.25, -0.2) is 4.98 Å². The van der Waals surface area contributed by atoms with Crippen molar-refractivity contribution in [1.82, 2.24) is 19.6 Å². The number of carbonyl (C=O) groups excluding carboxylic acids is 1. The molecule has 1 saturated heterocycles. The van der Waals surface area contributed by atoms with Crippen molar-refractivity contribution < 1.29 is 14.1 Å². The molecule has 8 nitrogen and oxygen atoms in total. The van der Waals surface area contributed by atoms with Crippen LogP contribution in [0.25, 0.3) is 28.0 Å². The molecule has 3 heterocycles. The SMILES string of the molecule is COc1ccc(-c2noc3ncn(-c4ccc(C(=O)N5CCCCC5)cc4)c(=O)c23)cc1. The van der Waals surface area contributed by atoms with Crippen molar-refractivity contribution in [3.8, 4) is 22.7 Å². The maximum Gasteiger partial charge on any atom is 0.271 e. The number of fused-ring (bicyclic) bond motifs is 1. The molecular weight excluding hydrogens is 408 g/mol. The van der Waals surface area contributed by atoms with Crippen LogP contribution in [-0.2, 0) is 0 Å². The minimum absolute atomic E-state index is 0.0259. The van der Waals surface area contributed by atoms with Crippen LogP contribution in [0.3, 0.4) is 0 Å². The van der Waals surface area contributed by atoms with Gasteiger partial charge in [0.25, 0.3) is 17.2 Å². The number of methoxy groups -OCH3 is 1. The van der Waals surface area contributed by atoms with Gasteiger partial charge in [0.05, 0.1) is 12.8 Å². The van der Waals surface area contributed by atoms with Crippen molar-refractivity contribution in [1.29, 1.82) is 0 Å². The molecule has 4 aromatic rings. The van der Waals surface area contributed by atoms with E-state index in [0.29, 0.717) is 28.1 Å². The zero-order valence-corrected chi connectivity index (χ0v) is 17.7. The second-order valence-corrected chi connectivity index (χ2v) is 7.76. The summed E-state index contributed by atoms with van der Waals surface area (Å²) in [6, 6.07) is 14.2. The molecule has 0 spiro atoms. The minimum Gasteiger partial charge on any atom is -0.497 e. The molecule has 8 heteroatoms. The molecule has 0 saturated carbocycles. The predicted molar refractivity (Wildman–Crippen MR) is 119 cm³/mol. The number of likely N-dealkylation sites (tertiary alicyclic amines) is 1. The molecule has 32 heavy (non-hydrogen) atoms. The van der Waals surface area contributed by atoms with E-state index < -0.39 is 0 Å². The van der Waals surface area contributed by atoms with Gasteiger partial charge in [0.1, 0.15) is 23.2 Å². The van der Waals surface area contributed by atoms with Gasteiger partial charge in [-0.3, -0.25) is 14.2 Å². The molecule has 0 bridgehead atoms. The molecule has 0 aliphatic carbocycles. The van der Waals surface area contributed by atoms with Crippen LogP contribution >= 0.6 is 0 Å². The molecule has 2 aromatic carbocycles. The van der Waals surface area contributed by atoms with Gasteiger partial charge in [0, 0.05) is 24.2 Å². The van der Waals surface area contributed by atoms with Gasteiger partial charge in [0.2, 0.25) is 0 Å². The van der Waals surface area contributed by atoms with E-state index >= 15 is 0 Å². The zero-order chi connectivity index (χ0) is 22.1. The third kappa shape index (κ3) is 3.53. The summed E-state index contributed by atoms with van der Waals surface area (Å²) in [5.41, 5.74) is 2.25. The molecule has 0 radical (unpaired) electrons. The van der Waals surface area contributed by atoms with Crippen LogP contribution in [-0.4, -0.2) is 45.7 Å². The number of piperidine rings is 1. The average molecular weight is 430 g/mol. The summed E-state index contributed by atoms with van der Waals surface area (Å²) in [5.74, 6) is 0.731. The standard InChI is InChI=1S/C24H22N4O4/c1-31-19-11-7-16(8-12-19)21-20-22(32-26-21)25-15-28(24(20)30)18-9-5-17(6-10-18)23(29)27-13-3-2-4-14-27/h5-12,15H,2-4,13-14H2,1H3. The van der Waals surface area contributed by atoms with Gasteiger partial charge in [-0.15, -0.1) is 0 Å². The summed E-state index contributed by atoms with van der Waals surface area (Å²) in [4.78, 5) is 32.2. The van der Waals surface area contributed by atoms with Crippen molar-refractivity contribution in [2.24, 2.45) is 0 Å². The zero-order valence-electron chi connectivity index (χ0n) is 17.7. The van der Waals surface area contributed by atoms with Gasteiger partial charge in [-0.1, -0.05) is 5.16 Å². The Morgan fingerprint density at radius 2 is 1.72 bits per heavy atom. The number of hydrogen-bond acceptors (Lipinski definition) is 6. The number of ether oxygens (including phenoxy) is 1. The molecule has 2 aromatic heterocycles. The average Bonchev–Trinajstić information content (AvgIpc) is 3.30. The van der Waals surface area contributed by atoms with Crippen LogP contribution < -0.4 is 10.3 Å². The van der Waals surface area contributed by atoms with Gasteiger partial charge < -0.3 is 14.2 Å². The first-order valence-corrected chi connectivity index (χ1v) is 10.6. The maximum atomic E-state index is 13.3. The Balaban J connectivity index is 1.49. The molecule has 1 aliphatic rings. The summed E-state index contributed by atoms with van der Waals surface area (Å²) in [6.45, 7) is 1.59. The summed E-state index contributed by atoms with van der Waals surface area (Å²) in [5, 5.41) is 4.36. The number of rotatable bonds is 4. The van der Waals surface area contributed by atoms with E-state index in [0.717, 1.165) is 31.5 Å². The molecule has 0 N–H and O–H groups in total. The molecular formula is C24H22N4O4. The second kappa shape index (κ2) is 8.30. The van der Waals surface area contributed by atoms with E-state index in [4.69, 9.17) is 9.26 Å². The largest absolute Gasteiger partial charge is 0.497 e. The van der Waals surface area contributed by atoms with Gasteiger partial charge in [0.15, 0.2) is 0 Å². The predicted octanol–water partition coefficient (Wildman–Crippen LogP) is 3.68. The molecule has 0 unspecified atom stereocenters. The van der Waals surface area contributed by atoms with Crippen molar-refractivity contribution >= 4 is 17.0 Å². The number of hydrogen-bond donors (Lipinski definition) is 0. The third-order valence-electron chi connectivity index (χ3n) is 5.80. The van der Waals surface area contributed by atoms with Gasteiger partial charge >= 0.3 is 0 Å². The maximum absolute atomic E-state index is 13.3. The number of carbonyl (C=O) groups is 1. The molecule has 5 rings (SSSR count). The van der Waals surface area contributed by atoms with Crippen molar-refractivity contribution in [3.63, 3.8) is 0 Å². The van der Waals surface area contributed by atoms with Crippen LogP contribution in [0.2, 0.25) is 0 Å². The number of benzene rings is 2. The lowest BCUT2D eigenvalue weighted by molar-refractivity contribution is 0.0724. The van der Waals surface area contributed by atoms with E-state index in [1.165, 1.54) is 17.3 Å². The summed E-state index contributed by atoms with van der Waals surface area (Å²) in [7, 11) is 1.59. The van der Waals surface area contributed by atoms with Crippen LogP contribution in [0.1, 0.15) is 29.6 Å². The number of aromatic nitrogens is 3. The van der Waals surface area contributed by atoms with Crippen molar-refractivity contribution in [3.05, 3.63) is 70.8 Å². The van der Waals surface area contributed by atoms with E-state index in [1.54, 1.807) is 43.5 Å². The monoisotopic (exact) mass is 430 g/mol. The quantitative estimate of drug-likeness (QED) is 0.491. The minimum atomic E-state index is -0.294. The molecule has 1 amide bonds. The summed E-state index contributed by atoms with van der Waals surface area (Å²) < 4.78 is 11.9. The highest BCUT2D eigenvalue weighted by Crippen LogP contribution is 2.26. The smallest absolute Gasteiger partial charge is 0.271 e. The Hall–Kier alpha value is -3.94. The summed E-state index contributed by atoms with van der Waals surface area (Å²) in [6.07, 6.45) is 4.66. The fourth-order valence-corrected chi connectivity index (χ4v) is 4.02. The highest BCUT2D eigenvalue weighted by molar-refractivity contribution is 5.94. The normalized spacial score (nSPS) is 14.0. The van der Waals surface area contributed by atoms with Crippen molar-refractivity contribution in [2.75, 3.05) is 20.2 Å². The lowest BCUT2D eigenvalue weighted by Crippen LogP contribution is -2.35. The Labute approximate surface area is 184 Å². The number of nitrogens with zero attached hydrogens (tertiary/aromatic N) is 4. The fraction of sp³-hybridized carbons (Fsp3) is 0.250. The molecule has 162 valence electrons. The first kappa shape index (κ1) is 20.0. The molecule has 1 aliphatic heterocycles. The Morgan fingerprint density at radius 1 is 1.00 bits per heavy atom. The van der Waals surface area contributed by atoms with Crippen LogP contribution in [0.5, 0.6) is 5.75 Å². The Kier molecular flexibility index (Phi) is 5.18. The fourth-order valence-electron chi connectivity index (χ4n) is 4.02.